The van der Waals surface area contributed by atoms with Gasteiger partial charge < -0.3 is 67.9 Å². The Kier molecular flexibility index (Phi) is 217. The normalized spacial score (nSPS) is 0. The zero-order valence-electron chi connectivity index (χ0n) is 2.09. The summed E-state index contributed by atoms with van der Waals surface area (Å²) in [5, 5.41) is 0. The van der Waals surface area contributed by atoms with Crippen LogP contribution in [0.4, 0.5) is 0 Å². The van der Waals surface area contributed by atoms with E-state index in [1.807, 2.05) is 0 Å². The summed E-state index contributed by atoms with van der Waals surface area (Å²) < 4.78 is 0. The number of halogens is 4. The molecule has 0 saturated carbocycles. The third kappa shape index (κ3) is 18.9. The summed E-state index contributed by atoms with van der Waals surface area (Å²) in [6.07, 6.45) is 0. The van der Waals surface area contributed by atoms with E-state index < -0.39 is 0 Å². The Hall–Kier alpha value is 3.28. The van der Waals surface area contributed by atoms with Crippen molar-refractivity contribution < 1.29 is 109 Å². The van der Waals surface area contributed by atoms with Gasteiger partial charge in [-0.3, -0.25) is 0 Å². The first-order chi connectivity index (χ1) is 0. The van der Waals surface area contributed by atoms with E-state index in [2.05, 4.69) is 0 Å². The Balaban J connectivity index is 0. The van der Waals surface area contributed by atoms with Gasteiger partial charge in [0.05, 0.1) is 0 Å². The molecule has 0 heterocycles. The number of hydrogen-bond acceptors (Lipinski definition) is 0. The van der Waals surface area contributed by atoms with Crippen molar-refractivity contribution in [2.75, 3.05) is 0 Å². The average molecular weight is 461 g/mol. The van der Waals surface area contributed by atoms with Crippen molar-refractivity contribution in [3.8, 4) is 0 Å². The second-order valence-electron chi connectivity index (χ2n) is 0. The van der Waals surface area contributed by atoms with Crippen LogP contribution in [0.1, 0.15) is 0 Å². The van der Waals surface area contributed by atoms with Crippen molar-refractivity contribution in [2.45, 2.75) is 0 Å². The molecule has 0 aliphatic rings. The smallest absolute Gasteiger partial charge is 0 e. The van der Waals surface area contributed by atoms with Crippen LogP contribution in [-0.4, -0.2) is 0 Å². The van der Waals surface area contributed by atoms with Gasteiger partial charge >= 0.3 is 0 Å². The first-order valence-corrected chi connectivity index (χ1v) is 0. The monoisotopic (exact) mass is 457 g/mol. The number of hydrogen-bond donors (Lipinski definition) is 0. The first kappa shape index (κ1) is 40.8. The first-order valence-electron chi connectivity index (χ1n) is 0. The molecule has 0 atom stereocenters. The molecule has 0 aliphatic carbocycles. The maximum absolute atomic E-state index is 0. The van der Waals surface area contributed by atoms with Crippen LogP contribution in [0.5, 0.6) is 0 Å². The van der Waals surface area contributed by atoms with Gasteiger partial charge in [-0.1, -0.05) is 0 Å². The second kappa shape index (κ2) is 26.7. The van der Waals surface area contributed by atoms with Gasteiger partial charge in [0.1, 0.15) is 0 Å². The summed E-state index contributed by atoms with van der Waals surface area (Å²) in [5.41, 5.74) is 0. The van der Waals surface area contributed by atoms with Crippen molar-refractivity contribution in [1.82, 2.24) is 0 Å². The SMILES string of the molecule is [Br-].[Br-].[Br-].[Br-].[Pr]. The molecule has 0 nitrogen and oxygen atoms in total. The van der Waals surface area contributed by atoms with Crippen molar-refractivity contribution in [2.24, 2.45) is 0 Å². The van der Waals surface area contributed by atoms with Gasteiger partial charge in [0, 0.05) is 41.3 Å². The standard InChI is InChI=1S/4BrH.Pr/h4*1H;/p-4. The fraction of sp³-hybridized carbons (Fsp3) is 0. The minimum absolute atomic E-state index is 0. The fourth-order valence-electron chi connectivity index (χ4n) is 0. The van der Waals surface area contributed by atoms with Crippen LogP contribution in [0.25, 0.3) is 0 Å². The number of rotatable bonds is 0. The molecule has 0 unspecified atom stereocenters. The summed E-state index contributed by atoms with van der Waals surface area (Å²) in [6, 6.07) is 0. The van der Waals surface area contributed by atoms with E-state index in [1.54, 1.807) is 0 Å². The van der Waals surface area contributed by atoms with Crippen molar-refractivity contribution >= 4 is 0 Å². The molecular formula is Br4Pr-4. The summed E-state index contributed by atoms with van der Waals surface area (Å²) in [6.45, 7) is 0. The molecule has 0 bridgehead atoms. The Labute approximate surface area is 107 Å². The van der Waals surface area contributed by atoms with E-state index in [1.165, 1.54) is 0 Å². The second-order valence-corrected chi connectivity index (χ2v) is 0. The molecule has 0 N–H and O–H groups in total. The topological polar surface area (TPSA) is 0 Å². The largest absolute Gasteiger partial charge is 1.00 e. The van der Waals surface area contributed by atoms with Crippen LogP contribution in [-0.2, 0) is 0 Å². The van der Waals surface area contributed by atoms with Crippen molar-refractivity contribution in [3.05, 3.63) is 0 Å². The van der Waals surface area contributed by atoms with E-state index in [0.29, 0.717) is 0 Å². The molecule has 0 aliphatic heterocycles. The van der Waals surface area contributed by atoms with Crippen LogP contribution in [0, 0.1) is 41.3 Å². The third-order valence-electron chi connectivity index (χ3n) is 0. The zero-order valence-corrected chi connectivity index (χ0v) is 12.1. The van der Waals surface area contributed by atoms with E-state index >= 15 is 0 Å². The van der Waals surface area contributed by atoms with Gasteiger partial charge in [-0.15, -0.1) is 0 Å². The molecule has 35 valence electrons. The van der Waals surface area contributed by atoms with Crippen molar-refractivity contribution in [1.29, 1.82) is 0 Å². The maximum atomic E-state index is 0. The van der Waals surface area contributed by atoms with Crippen LogP contribution >= 0.6 is 0 Å². The van der Waals surface area contributed by atoms with Crippen LogP contribution in [0.2, 0.25) is 0 Å². The summed E-state index contributed by atoms with van der Waals surface area (Å²) >= 11 is 0. The van der Waals surface area contributed by atoms with Crippen LogP contribution in [0.3, 0.4) is 0 Å². The van der Waals surface area contributed by atoms with Gasteiger partial charge in [-0.05, 0) is 0 Å². The minimum atomic E-state index is 0. The molecule has 0 saturated heterocycles. The van der Waals surface area contributed by atoms with Gasteiger partial charge in [0.25, 0.3) is 0 Å². The average Bonchev–Trinajstić information content (AvgIpc) is 0. The quantitative estimate of drug-likeness (QED) is 0.337. The predicted octanol–water partition coefficient (Wildman–Crippen LogP) is -12.0. The van der Waals surface area contributed by atoms with E-state index in [-0.39, 0.29) is 109 Å². The molecule has 0 aromatic heterocycles. The molecule has 5 heavy (non-hydrogen) atoms. The van der Waals surface area contributed by atoms with Crippen LogP contribution < -0.4 is 67.9 Å². The van der Waals surface area contributed by atoms with Gasteiger partial charge in [-0.25, -0.2) is 0 Å². The molecule has 0 amide bonds. The summed E-state index contributed by atoms with van der Waals surface area (Å²) in [4.78, 5) is 0. The molecule has 0 fully saturated rings. The third-order valence-corrected chi connectivity index (χ3v) is 0. The molecule has 0 aromatic carbocycles. The fourth-order valence-corrected chi connectivity index (χ4v) is 0. The Morgan fingerprint density at radius 3 is 0.400 bits per heavy atom. The predicted molar refractivity (Wildman–Crippen MR) is 0 cm³/mol. The van der Waals surface area contributed by atoms with Gasteiger partial charge in [-0.2, -0.15) is 0 Å². The van der Waals surface area contributed by atoms with Crippen LogP contribution in [0.15, 0.2) is 0 Å². The maximum Gasteiger partial charge on any atom is 0 e. The molecule has 0 aromatic rings. The summed E-state index contributed by atoms with van der Waals surface area (Å²) in [7, 11) is 0. The molecule has 0 spiro atoms. The van der Waals surface area contributed by atoms with E-state index in [0.717, 1.165) is 0 Å². The zero-order chi connectivity index (χ0) is 0. The van der Waals surface area contributed by atoms with E-state index in [9.17, 15) is 0 Å². The molecular weight excluding hydrogens is 461 g/mol. The Morgan fingerprint density at radius 1 is 0.400 bits per heavy atom. The Bertz CT molecular complexity index is 3.61. The van der Waals surface area contributed by atoms with E-state index in [4.69, 9.17) is 0 Å². The van der Waals surface area contributed by atoms with Gasteiger partial charge in [0.15, 0.2) is 0 Å². The van der Waals surface area contributed by atoms with Gasteiger partial charge in [0.2, 0.25) is 0 Å². The van der Waals surface area contributed by atoms with Crippen molar-refractivity contribution in [3.63, 3.8) is 0 Å². The Morgan fingerprint density at radius 2 is 0.400 bits per heavy atom. The summed E-state index contributed by atoms with van der Waals surface area (Å²) in [5.74, 6) is 0. The molecule has 5 heteroatoms. The molecule has 0 rings (SSSR count). The molecule has 1 radical (unpaired) electrons. The minimum Gasteiger partial charge on any atom is -1.00 e.